The minimum Gasteiger partial charge on any atom is -0.507 e. The molecule has 1 heterocycles. The first-order valence-corrected chi connectivity index (χ1v) is 12.2. The Hall–Kier alpha value is -4.16. The lowest BCUT2D eigenvalue weighted by Gasteiger charge is -2.26. The van der Waals surface area contributed by atoms with Gasteiger partial charge in [0.2, 0.25) is 0 Å². The molecule has 6 heteroatoms. The number of para-hydroxylation sites is 1. The van der Waals surface area contributed by atoms with Crippen molar-refractivity contribution in [2.45, 2.75) is 13.0 Å². The number of rotatable bonds is 5. The predicted octanol–water partition coefficient (Wildman–Crippen LogP) is 7.18. The molecule has 0 aromatic heterocycles. The maximum atomic E-state index is 13.4. The predicted molar refractivity (Wildman–Crippen MR) is 143 cm³/mol. The molecular formula is C30H22BrNO4. The van der Waals surface area contributed by atoms with Crippen molar-refractivity contribution in [2.24, 2.45) is 0 Å². The van der Waals surface area contributed by atoms with Gasteiger partial charge in [0.1, 0.15) is 17.3 Å². The maximum Gasteiger partial charge on any atom is 0.300 e. The molecule has 5 nitrogen and oxygen atoms in total. The van der Waals surface area contributed by atoms with Crippen LogP contribution in [0.4, 0.5) is 5.69 Å². The van der Waals surface area contributed by atoms with Gasteiger partial charge < -0.3 is 9.84 Å². The van der Waals surface area contributed by atoms with Crippen LogP contribution in [-0.4, -0.2) is 16.8 Å². The quantitative estimate of drug-likeness (QED) is 0.166. The van der Waals surface area contributed by atoms with Crippen molar-refractivity contribution >= 4 is 39.1 Å². The number of benzene rings is 4. The van der Waals surface area contributed by atoms with Crippen LogP contribution in [0.15, 0.2) is 113 Å². The van der Waals surface area contributed by atoms with Crippen LogP contribution in [0.25, 0.3) is 5.76 Å². The molecule has 0 aliphatic carbocycles. The normalized spacial score (nSPS) is 16.8. The Balaban J connectivity index is 1.67. The first-order chi connectivity index (χ1) is 17.4. The number of hydrogen-bond acceptors (Lipinski definition) is 4. The van der Waals surface area contributed by atoms with E-state index in [0.29, 0.717) is 28.3 Å². The highest BCUT2D eigenvalue weighted by atomic mass is 79.9. The Labute approximate surface area is 217 Å². The summed E-state index contributed by atoms with van der Waals surface area (Å²) in [6.07, 6.45) is 0. The number of ketones is 1. The van der Waals surface area contributed by atoms with Crippen molar-refractivity contribution < 1.29 is 19.4 Å². The van der Waals surface area contributed by atoms with E-state index in [2.05, 4.69) is 15.9 Å². The molecule has 1 aliphatic rings. The van der Waals surface area contributed by atoms with E-state index in [0.717, 1.165) is 10.0 Å². The maximum absolute atomic E-state index is 13.4. The summed E-state index contributed by atoms with van der Waals surface area (Å²) < 4.78 is 6.85. The first-order valence-electron chi connectivity index (χ1n) is 11.4. The average Bonchev–Trinajstić information content (AvgIpc) is 3.15. The number of aliphatic hydroxyl groups excluding tert-OH is 1. The van der Waals surface area contributed by atoms with Gasteiger partial charge in [-0.05, 0) is 66.6 Å². The van der Waals surface area contributed by atoms with Gasteiger partial charge in [0.05, 0.1) is 11.6 Å². The van der Waals surface area contributed by atoms with Crippen molar-refractivity contribution in [3.63, 3.8) is 0 Å². The number of amides is 1. The molecule has 4 aromatic rings. The van der Waals surface area contributed by atoms with E-state index in [-0.39, 0.29) is 11.3 Å². The largest absolute Gasteiger partial charge is 0.507 e. The lowest BCUT2D eigenvalue weighted by atomic mass is 9.95. The molecule has 1 unspecified atom stereocenters. The summed E-state index contributed by atoms with van der Waals surface area (Å²) >= 11 is 3.39. The Morgan fingerprint density at radius 3 is 2.25 bits per heavy atom. The molecule has 4 aromatic carbocycles. The van der Waals surface area contributed by atoms with E-state index < -0.39 is 17.7 Å². The second kappa shape index (κ2) is 9.84. The van der Waals surface area contributed by atoms with E-state index in [1.54, 1.807) is 36.4 Å². The van der Waals surface area contributed by atoms with Crippen molar-refractivity contribution in [1.29, 1.82) is 0 Å². The van der Waals surface area contributed by atoms with Gasteiger partial charge in [-0.25, -0.2) is 0 Å². The number of aliphatic hydroxyl groups is 1. The molecule has 0 spiro atoms. The fraction of sp³-hybridized carbons (Fsp3) is 0.0667. The molecule has 178 valence electrons. The summed E-state index contributed by atoms with van der Waals surface area (Å²) in [5, 5.41) is 11.3. The van der Waals surface area contributed by atoms with Crippen LogP contribution in [0.3, 0.4) is 0 Å². The van der Waals surface area contributed by atoms with Crippen LogP contribution >= 0.6 is 15.9 Å². The Morgan fingerprint density at radius 1 is 0.833 bits per heavy atom. The van der Waals surface area contributed by atoms with E-state index in [9.17, 15) is 14.7 Å². The fourth-order valence-electron chi connectivity index (χ4n) is 4.33. The zero-order valence-electron chi connectivity index (χ0n) is 19.4. The van der Waals surface area contributed by atoms with Crippen molar-refractivity contribution in [2.75, 3.05) is 4.90 Å². The molecule has 1 fully saturated rings. The number of nitrogens with zero attached hydrogens (tertiary/aromatic N) is 1. The van der Waals surface area contributed by atoms with Crippen LogP contribution in [0, 0.1) is 6.92 Å². The van der Waals surface area contributed by atoms with E-state index >= 15 is 0 Å². The third-order valence-corrected chi connectivity index (χ3v) is 6.52. The summed E-state index contributed by atoms with van der Waals surface area (Å²) in [7, 11) is 0. The van der Waals surface area contributed by atoms with Gasteiger partial charge in [0.25, 0.3) is 11.7 Å². The van der Waals surface area contributed by atoms with Gasteiger partial charge in [-0.1, -0.05) is 70.5 Å². The van der Waals surface area contributed by atoms with Gasteiger partial charge in [0, 0.05) is 15.7 Å². The highest BCUT2D eigenvalue weighted by molar-refractivity contribution is 9.10. The Bertz CT molecular complexity index is 1480. The highest BCUT2D eigenvalue weighted by Crippen LogP contribution is 2.43. The van der Waals surface area contributed by atoms with Gasteiger partial charge in [-0.3, -0.25) is 14.5 Å². The Kier molecular flexibility index (Phi) is 6.44. The second-order valence-electron chi connectivity index (χ2n) is 8.50. The third-order valence-electron chi connectivity index (χ3n) is 5.99. The molecule has 0 saturated carbocycles. The van der Waals surface area contributed by atoms with Crippen LogP contribution in [0.1, 0.15) is 22.7 Å². The van der Waals surface area contributed by atoms with Gasteiger partial charge >= 0.3 is 0 Å². The smallest absolute Gasteiger partial charge is 0.300 e. The Morgan fingerprint density at radius 2 is 1.53 bits per heavy atom. The van der Waals surface area contributed by atoms with E-state index in [1.165, 1.54) is 4.90 Å². The monoisotopic (exact) mass is 539 g/mol. The number of anilines is 1. The topological polar surface area (TPSA) is 66.8 Å². The van der Waals surface area contributed by atoms with Gasteiger partial charge in [0.15, 0.2) is 0 Å². The highest BCUT2D eigenvalue weighted by Gasteiger charge is 2.47. The molecule has 1 N–H and O–H groups in total. The van der Waals surface area contributed by atoms with Crippen LogP contribution < -0.4 is 9.64 Å². The molecule has 1 amide bonds. The molecule has 1 aliphatic heterocycles. The van der Waals surface area contributed by atoms with Gasteiger partial charge in [-0.2, -0.15) is 0 Å². The molecule has 1 atom stereocenters. The van der Waals surface area contributed by atoms with Crippen molar-refractivity contribution in [1.82, 2.24) is 0 Å². The van der Waals surface area contributed by atoms with E-state index in [1.807, 2.05) is 73.7 Å². The van der Waals surface area contributed by atoms with Crippen molar-refractivity contribution in [3.8, 4) is 11.5 Å². The van der Waals surface area contributed by atoms with E-state index in [4.69, 9.17) is 4.74 Å². The van der Waals surface area contributed by atoms with Crippen LogP contribution in [0.5, 0.6) is 11.5 Å². The minimum atomic E-state index is -0.838. The molecule has 5 rings (SSSR count). The van der Waals surface area contributed by atoms with Crippen molar-refractivity contribution in [3.05, 3.63) is 130 Å². The summed E-state index contributed by atoms with van der Waals surface area (Å²) in [6, 6.07) is 30.1. The summed E-state index contributed by atoms with van der Waals surface area (Å²) in [5.74, 6) is -0.445. The van der Waals surface area contributed by atoms with Crippen LogP contribution in [0.2, 0.25) is 0 Å². The second-order valence-corrected chi connectivity index (χ2v) is 9.42. The summed E-state index contributed by atoms with van der Waals surface area (Å²) in [6.45, 7) is 1.92. The third kappa shape index (κ3) is 4.55. The minimum absolute atomic E-state index is 0.0284. The SMILES string of the molecule is Cc1cccc(N2C(=O)C(=O)/C(=C(\O)c3ccc(Br)cc3)C2c2cccc(Oc3ccccc3)c2)c1. The zero-order valence-corrected chi connectivity index (χ0v) is 21.0. The fourth-order valence-corrected chi connectivity index (χ4v) is 4.59. The number of ether oxygens (including phenoxy) is 1. The first kappa shape index (κ1) is 23.6. The molecule has 1 saturated heterocycles. The molecule has 0 bridgehead atoms. The number of carbonyl (C=O) groups excluding carboxylic acids is 2. The van der Waals surface area contributed by atoms with Crippen LogP contribution in [-0.2, 0) is 9.59 Å². The summed E-state index contributed by atoms with van der Waals surface area (Å²) in [4.78, 5) is 28.2. The van der Waals surface area contributed by atoms with Gasteiger partial charge in [-0.15, -0.1) is 0 Å². The number of halogens is 1. The average molecular weight is 540 g/mol. The lowest BCUT2D eigenvalue weighted by molar-refractivity contribution is -0.132. The number of carbonyl (C=O) groups is 2. The number of hydrogen-bond donors (Lipinski definition) is 1. The molecule has 0 radical (unpaired) electrons. The lowest BCUT2D eigenvalue weighted by Crippen LogP contribution is -2.29. The molecular weight excluding hydrogens is 518 g/mol. The molecule has 36 heavy (non-hydrogen) atoms. The number of Topliss-reactive ketones (excluding diaryl/α,β-unsaturated/α-hetero) is 1. The zero-order chi connectivity index (χ0) is 25.2. The standard InChI is InChI=1S/C30H22BrNO4/c1-19-7-5-9-23(17-19)32-27(21-8-6-12-25(18-21)36-24-10-3-2-4-11-24)26(29(34)30(32)35)28(33)20-13-15-22(31)16-14-20/h2-18,27,33H,1H3/b28-26-. The number of aryl methyl sites for hydroxylation is 1. The summed E-state index contributed by atoms with van der Waals surface area (Å²) in [5.41, 5.74) is 2.64.